The Hall–Kier alpha value is -0.570. The molecule has 0 unspecified atom stereocenters. The highest BCUT2D eigenvalue weighted by Gasteiger charge is 1.87. The minimum Gasteiger partial charge on any atom is -0.349 e. The Morgan fingerprint density at radius 2 is 1.10 bits per heavy atom. The maximum atomic E-state index is 10.1. The van der Waals surface area contributed by atoms with Crippen LogP contribution in [0.25, 0.3) is 0 Å². The van der Waals surface area contributed by atoms with Gasteiger partial charge in [0.05, 0.1) is 0 Å². The van der Waals surface area contributed by atoms with Gasteiger partial charge in [0.25, 0.3) is 0 Å². The van der Waals surface area contributed by atoms with E-state index < -0.39 is 0 Å². The van der Waals surface area contributed by atoms with Crippen LogP contribution in [0.15, 0.2) is 0 Å². The van der Waals surface area contributed by atoms with Gasteiger partial charge in [0.15, 0.2) is 0 Å². The van der Waals surface area contributed by atoms with Crippen molar-refractivity contribution in [3.05, 3.63) is 0 Å². The summed E-state index contributed by atoms with van der Waals surface area (Å²) in [7, 11) is 9.45. The van der Waals surface area contributed by atoms with Crippen LogP contribution < -0.4 is 0 Å². The van der Waals surface area contributed by atoms with Gasteiger partial charge in [0.1, 0.15) is 0 Å². The first-order valence-corrected chi connectivity index (χ1v) is 3.16. The maximum absolute atomic E-state index is 10.1. The molecule has 0 N–H and O–H groups in total. The fraction of sp³-hybridized carbons (Fsp3) is 0.857. The summed E-state index contributed by atoms with van der Waals surface area (Å²) in [5.74, 6) is 0.0926. The third kappa shape index (κ3) is 26.1. The molecule has 0 atom stereocenters. The highest BCUT2D eigenvalue weighted by atomic mass is 16.2. The van der Waals surface area contributed by atoms with Crippen molar-refractivity contribution >= 4 is 5.91 Å². The lowest BCUT2D eigenvalue weighted by Gasteiger charge is -2.02. The van der Waals surface area contributed by atoms with Gasteiger partial charge in [-0.25, -0.2) is 0 Å². The van der Waals surface area contributed by atoms with E-state index in [0.717, 1.165) is 0 Å². The van der Waals surface area contributed by atoms with Crippen molar-refractivity contribution in [2.75, 3.05) is 35.2 Å². The Balaban J connectivity index is 0. The molecule has 0 aliphatic heterocycles. The van der Waals surface area contributed by atoms with Gasteiger partial charge in [-0.3, -0.25) is 4.79 Å². The molecular weight excluding hydrogens is 128 g/mol. The molecule has 10 heavy (non-hydrogen) atoms. The summed E-state index contributed by atoms with van der Waals surface area (Å²) >= 11 is 0. The van der Waals surface area contributed by atoms with Crippen LogP contribution >= 0.6 is 0 Å². The average molecular weight is 146 g/mol. The van der Waals surface area contributed by atoms with Crippen molar-refractivity contribution in [3.8, 4) is 0 Å². The molecule has 1 amide bonds. The van der Waals surface area contributed by atoms with Crippen molar-refractivity contribution in [1.29, 1.82) is 0 Å². The number of hydrogen-bond donors (Lipinski definition) is 0. The summed E-state index contributed by atoms with van der Waals surface area (Å²) in [5.41, 5.74) is 0. The fourth-order valence-electron chi connectivity index (χ4n) is 0. The molecule has 0 aliphatic rings. The van der Waals surface area contributed by atoms with Crippen LogP contribution in [0.4, 0.5) is 0 Å². The summed E-state index contributed by atoms with van der Waals surface area (Å²) in [5, 5.41) is 0. The minimum absolute atomic E-state index is 0.0926. The number of hydrogen-bond acceptors (Lipinski definition) is 2. The van der Waals surface area contributed by atoms with E-state index in [0.29, 0.717) is 0 Å². The lowest BCUT2D eigenvalue weighted by molar-refractivity contribution is -0.126. The summed E-state index contributed by atoms with van der Waals surface area (Å²) in [4.78, 5) is 13.6. The van der Waals surface area contributed by atoms with Crippen LogP contribution in [0.1, 0.15) is 6.92 Å². The van der Waals surface area contributed by atoms with Gasteiger partial charge >= 0.3 is 0 Å². The Bertz CT molecular complexity index is 86.9. The molecule has 0 spiro atoms. The third-order valence-electron chi connectivity index (χ3n) is 0.630. The van der Waals surface area contributed by atoms with E-state index in [2.05, 4.69) is 0 Å². The predicted octanol–water partition coefficient (Wildman–Crippen LogP) is 0.272. The first kappa shape index (κ1) is 12.1. The second kappa shape index (κ2) is 6.55. The van der Waals surface area contributed by atoms with Crippen molar-refractivity contribution in [1.82, 2.24) is 9.80 Å². The van der Waals surface area contributed by atoms with Crippen LogP contribution in [-0.4, -0.2) is 50.9 Å². The summed E-state index contributed by atoms with van der Waals surface area (Å²) < 4.78 is 0. The zero-order valence-electron chi connectivity index (χ0n) is 7.80. The molecule has 0 aromatic carbocycles. The lowest BCUT2D eigenvalue weighted by atomic mass is 10.7. The number of nitrogens with zero attached hydrogens (tertiary/aromatic N) is 2. The Morgan fingerprint density at radius 1 is 1.00 bits per heavy atom. The fourth-order valence-corrected chi connectivity index (χ4v) is 0. The van der Waals surface area contributed by atoms with Gasteiger partial charge in [0, 0.05) is 21.0 Å². The average Bonchev–Trinajstić information content (AvgIpc) is 1.63. The van der Waals surface area contributed by atoms with Crippen LogP contribution in [0.5, 0.6) is 0 Å². The molecule has 3 nitrogen and oxygen atoms in total. The normalized spacial score (nSPS) is 8.30. The Morgan fingerprint density at radius 3 is 1.10 bits per heavy atom. The van der Waals surface area contributed by atoms with Crippen LogP contribution in [-0.2, 0) is 4.79 Å². The number of carbonyl (C=O) groups excluding carboxylic acids is 1. The number of carbonyl (C=O) groups is 1. The molecule has 0 fully saturated rings. The molecule has 0 saturated carbocycles. The maximum Gasteiger partial charge on any atom is 0.218 e. The molecule has 0 heterocycles. The van der Waals surface area contributed by atoms with E-state index in [1.165, 1.54) is 11.8 Å². The third-order valence-corrected chi connectivity index (χ3v) is 0.630. The summed E-state index contributed by atoms with van der Waals surface area (Å²) in [6.45, 7) is 1.53. The molecule has 0 aromatic rings. The quantitative estimate of drug-likeness (QED) is 0.490. The molecule has 0 saturated heterocycles. The Labute approximate surface area is 63.6 Å². The topological polar surface area (TPSA) is 23.6 Å². The largest absolute Gasteiger partial charge is 0.349 e. The molecule has 0 radical (unpaired) electrons. The molecule has 3 heteroatoms. The van der Waals surface area contributed by atoms with Gasteiger partial charge in [-0.2, -0.15) is 0 Å². The predicted molar refractivity (Wildman–Crippen MR) is 44.0 cm³/mol. The first-order valence-electron chi connectivity index (χ1n) is 3.16. The molecule has 0 aliphatic carbocycles. The van der Waals surface area contributed by atoms with E-state index >= 15 is 0 Å². The molecular formula is C7H18N2O. The highest BCUT2D eigenvalue weighted by molar-refractivity contribution is 5.72. The standard InChI is InChI=1S/C4H9NO.C3H9N/c1-4(6)5(2)3;1-4(2)3/h1-3H3;1-3H3. The monoisotopic (exact) mass is 146 g/mol. The lowest BCUT2D eigenvalue weighted by Crippen LogP contribution is -2.17. The molecule has 62 valence electrons. The van der Waals surface area contributed by atoms with Crippen molar-refractivity contribution < 1.29 is 4.79 Å². The SMILES string of the molecule is CC(=O)N(C)C.CN(C)C. The van der Waals surface area contributed by atoms with E-state index in [-0.39, 0.29) is 5.91 Å². The van der Waals surface area contributed by atoms with E-state index in [9.17, 15) is 4.79 Å². The highest BCUT2D eigenvalue weighted by Crippen LogP contribution is 1.69. The molecule has 0 aromatic heterocycles. The van der Waals surface area contributed by atoms with E-state index in [4.69, 9.17) is 0 Å². The smallest absolute Gasteiger partial charge is 0.218 e. The van der Waals surface area contributed by atoms with Crippen LogP contribution in [0, 0.1) is 0 Å². The van der Waals surface area contributed by atoms with Gasteiger partial charge in [-0.15, -0.1) is 0 Å². The first-order chi connectivity index (χ1) is 4.37. The zero-order chi connectivity index (χ0) is 8.73. The minimum atomic E-state index is 0.0926. The van der Waals surface area contributed by atoms with Gasteiger partial charge in [0.2, 0.25) is 5.91 Å². The van der Waals surface area contributed by atoms with E-state index in [1.54, 1.807) is 14.1 Å². The molecule has 0 bridgehead atoms. The second-order valence-corrected chi connectivity index (χ2v) is 2.76. The summed E-state index contributed by atoms with van der Waals surface area (Å²) in [6, 6.07) is 0. The zero-order valence-corrected chi connectivity index (χ0v) is 7.80. The van der Waals surface area contributed by atoms with Gasteiger partial charge < -0.3 is 9.80 Å². The van der Waals surface area contributed by atoms with Gasteiger partial charge in [-0.1, -0.05) is 0 Å². The van der Waals surface area contributed by atoms with Crippen molar-refractivity contribution in [2.45, 2.75) is 6.92 Å². The van der Waals surface area contributed by atoms with Crippen LogP contribution in [0.3, 0.4) is 0 Å². The summed E-state index contributed by atoms with van der Waals surface area (Å²) in [6.07, 6.45) is 0. The van der Waals surface area contributed by atoms with Crippen LogP contribution in [0.2, 0.25) is 0 Å². The van der Waals surface area contributed by atoms with Crippen molar-refractivity contribution in [3.63, 3.8) is 0 Å². The van der Waals surface area contributed by atoms with Crippen molar-refractivity contribution in [2.24, 2.45) is 0 Å². The number of amides is 1. The second-order valence-electron chi connectivity index (χ2n) is 2.76. The Kier molecular flexibility index (Phi) is 7.95. The molecule has 0 rings (SSSR count). The van der Waals surface area contributed by atoms with E-state index in [1.807, 2.05) is 26.0 Å². The van der Waals surface area contributed by atoms with Gasteiger partial charge in [-0.05, 0) is 21.1 Å². The number of rotatable bonds is 0.